The summed E-state index contributed by atoms with van der Waals surface area (Å²) >= 11 is 12.3. The first kappa shape index (κ1) is 13.5. The second kappa shape index (κ2) is 5.37. The van der Waals surface area contributed by atoms with E-state index < -0.39 is 0 Å². The fourth-order valence-corrected chi connectivity index (χ4v) is 2.68. The fraction of sp³-hybridized carbons (Fsp3) is 0.462. The van der Waals surface area contributed by atoms with Crippen molar-refractivity contribution in [1.82, 2.24) is 4.90 Å². The van der Waals surface area contributed by atoms with Crippen LogP contribution in [0.2, 0.25) is 10.0 Å². The van der Waals surface area contributed by atoms with Crippen molar-refractivity contribution in [2.75, 3.05) is 6.54 Å². The summed E-state index contributed by atoms with van der Waals surface area (Å²) in [6, 6.07) is 5.93. The molecule has 0 amide bonds. The van der Waals surface area contributed by atoms with Crippen molar-refractivity contribution in [1.29, 1.82) is 0 Å². The number of aliphatic imine (C=N–C) groups is 1. The molecule has 2 unspecified atom stereocenters. The average Bonchev–Trinajstić information content (AvgIpc) is 2.73. The van der Waals surface area contributed by atoms with E-state index in [1.807, 2.05) is 12.1 Å². The van der Waals surface area contributed by atoms with Gasteiger partial charge < -0.3 is 10.6 Å². The molecule has 0 aromatic heterocycles. The third-order valence-corrected chi connectivity index (χ3v) is 3.99. The number of hydrogen-bond donors (Lipinski definition) is 1. The van der Waals surface area contributed by atoms with Gasteiger partial charge in [0.15, 0.2) is 5.96 Å². The number of benzene rings is 1. The maximum Gasteiger partial charge on any atom is 0.192 e. The van der Waals surface area contributed by atoms with Gasteiger partial charge in [0.25, 0.3) is 0 Å². The van der Waals surface area contributed by atoms with Crippen LogP contribution in [0.5, 0.6) is 0 Å². The maximum atomic E-state index is 6.26. The summed E-state index contributed by atoms with van der Waals surface area (Å²) in [6.07, 6.45) is 1.00. The van der Waals surface area contributed by atoms with E-state index in [2.05, 4.69) is 23.7 Å². The van der Waals surface area contributed by atoms with Crippen LogP contribution in [0.15, 0.2) is 23.2 Å². The molecule has 0 aliphatic carbocycles. The van der Waals surface area contributed by atoms with E-state index in [1.165, 1.54) is 0 Å². The number of nitrogens with two attached hydrogens (primary N) is 1. The molecule has 2 atom stereocenters. The van der Waals surface area contributed by atoms with Crippen molar-refractivity contribution in [3.63, 3.8) is 0 Å². The molecule has 1 heterocycles. The molecule has 18 heavy (non-hydrogen) atoms. The minimum Gasteiger partial charge on any atom is -0.370 e. The SMILES string of the molecule is CCC(C)N1C(N)=NCC1c1cc(Cl)ccc1Cl. The second-order valence-corrected chi connectivity index (χ2v) is 5.39. The lowest BCUT2D eigenvalue weighted by Gasteiger charge is -2.32. The summed E-state index contributed by atoms with van der Waals surface area (Å²) in [5, 5.41) is 1.39. The molecule has 2 rings (SSSR count). The Hall–Kier alpha value is -0.930. The van der Waals surface area contributed by atoms with Crippen LogP contribution in [0.3, 0.4) is 0 Å². The van der Waals surface area contributed by atoms with E-state index in [1.54, 1.807) is 6.07 Å². The predicted molar refractivity (Wildman–Crippen MR) is 77.3 cm³/mol. The quantitative estimate of drug-likeness (QED) is 0.924. The molecule has 0 saturated carbocycles. The van der Waals surface area contributed by atoms with Crippen LogP contribution in [0.25, 0.3) is 0 Å². The van der Waals surface area contributed by atoms with Crippen LogP contribution in [0.4, 0.5) is 0 Å². The molecule has 1 aromatic rings. The fourth-order valence-electron chi connectivity index (χ4n) is 2.26. The monoisotopic (exact) mass is 285 g/mol. The minimum atomic E-state index is 0.0890. The Morgan fingerprint density at radius 1 is 1.50 bits per heavy atom. The van der Waals surface area contributed by atoms with Gasteiger partial charge >= 0.3 is 0 Å². The minimum absolute atomic E-state index is 0.0890. The van der Waals surface area contributed by atoms with Crippen molar-refractivity contribution >= 4 is 29.2 Å². The highest BCUT2D eigenvalue weighted by molar-refractivity contribution is 6.33. The molecule has 3 nitrogen and oxygen atoms in total. The molecule has 2 N–H and O–H groups in total. The molecule has 0 radical (unpaired) electrons. The normalized spacial score (nSPS) is 21.0. The summed E-state index contributed by atoms with van der Waals surface area (Å²) in [6.45, 7) is 4.91. The van der Waals surface area contributed by atoms with Gasteiger partial charge in [-0.1, -0.05) is 30.1 Å². The Bertz CT molecular complexity index is 473. The van der Waals surface area contributed by atoms with Gasteiger partial charge in [0.2, 0.25) is 0 Å². The highest BCUT2D eigenvalue weighted by Crippen LogP contribution is 2.34. The zero-order valence-corrected chi connectivity index (χ0v) is 12.0. The number of halogens is 2. The smallest absolute Gasteiger partial charge is 0.192 e. The Balaban J connectivity index is 2.36. The van der Waals surface area contributed by atoms with Crippen molar-refractivity contribution < 1.29 is 0 Å². The summed E-state index contributed by atoms with van der Waals surface area (Å²) in [4.78, 5) is 6.46. The molecular formula is C13H17Cl2N3. The third-order valence-electron chi connectivity index (χ3n) is 3.41. The molecule has 98 valence electrons. The number of hydrogen-bond acceptors (Lipinski definition) is 3. The summed E-state index contributed by atoms with van der Waals surface area (Å²) < 4.78 is 0. The molecular weight excluding hydrogens is 269 g/mol. The molecule has 0 saturated heterocycles. The molecule has 1 aliphatic rings. The lowest BCUT2D eigenvalue weighted by atomic mass is 10.0. The Morgan fingerprint density at radius 2 is 2.22 bits per heavy atom. The van der Waals surface area contributed by atoms with E-state index in [0.717, 1.165) is 12.0 Å². The van der Waals surface area contributed by atoms with Gasteiger partial charge in [-0.2, -0.15) is 0 Å². The molecule has 1 aromatic carbocycles. The molecule has 5 heteroatoms. The number of guanidine groups is 1. The Labute approximate surface area is 118 Å². The summed E-state index contributed by atoms with van der Waals surface area (Å²) in [5.41, 5.74) is 6.97. The number of rotatable bonds is 3. The lowest BCUT2D eigenvalue weighted by Crippen LogP contribution is -2.42. The van der Waals surface area contributed by atoms with Crippen LogP contribution < -0.4 is 5.73 Å². The number of nitrogens with zero attached hydrogens (tertiary/aromatic N) is 2. The Morgan fingerprint density at radius 3 is 2.89 bits per heavy atom. The third kappa shape index (κ3) is 2.43. The first-order valence-electron chi connectivity index (χ1n) is 6.07. The van der Waals surface area contributed by atoms with Gasteiger partial charge in [0.1, 0.15) is 0 Å². The van der Waals surface area contributed by atoms with Crippen LogP contribution >= 0.6 is 23.2 Å². The van der Waals surface area contributed by atoms with Gasteiger partial charge in [-0.05, 0) is 37.1 Å². The van der Waals surface area contributed by atoms with Gasteiger partial charge in [-0.25, -0.2) is 0 Å². The van der Waals surface area contributed by atoms with Gasteiger partial charge in [0, 0.05) is 16.1 Å². The van der Waals surface area contributed by atoms with Crippen LogP contribution in [-0.4, -0.2) is 23.4 Å². The van der Waals surface area contributed by atoms with E-state index in [9.17, 15) is 0 Å². The first-order chi connectivity index (χ1) is 8.54. The summed E-state index contributed by atoms with van der Waals surface area (Å²) in [7, 11) is 0. The first-order valence-corrected chi connectivity index (χ1v) is 6.83. The summed E-state index contributed by atoms with van der Waals surface area (Å²) in [5.74, 6) is 0.588. The molecule has 1 aliphatic heterocycles. The zero-order chi connectivity index (χ0) is 13.3. The molecule has 0 bridgehead atoms. The van der Waals surface area contributed by atoms with Crippen molar-refractivity contribution in [2.45, 2.75) is 32.4 Å². The second-order valence-electron chi connectivity index (χ2n) is 4.55. The van der Waals surface area contributed by atoms with E-state index in [-0.39, 0.29) is 6.04 Å². The van der Waals surface area contributed by atoms with Crippen LogP contribution in [0.1, 0.15) is 31.9 Å². The average molecular weight is 286 g/mol. The van der Waals surface area contributed by atoms with Crippen LogP contribution in [-0.2, 0) is 0 Å². The van der Waals surface area contributed by atoms with Crippen LogP contribution in [0, 0.1) is 0 Å². The van der Waals surface area contributed by atoms with Crippen molar-refractivity contribution in [2.24, 2.45) is 10.7 Å². The predicted octanol–water partition coefficient (Wildman–Crippen LogP) is 3.46. The highest BCUT2D eigenvalue weighted by atomic mass is 35.5. The van der Waals surface area contributed by atoms with Crippen molar-refractivity contribution in [3.8, 4) is 0 Å². The van der Waals surface area contributed by atoms with Gasteiger partial charge in [-0.3, -0.25) is 4.99 Å². The van der Waals surface area contributed by atoms with E-state index >= 15 is 0 Å². The Kier molecular flexibility index (Phi) is 4.03. The molecule has 0 spiro atoms. The largest absolute Gasteiger partial charge is 0.370 e. The topological polar surface area (TPSA) is 41.6 Å². The molecule has 0 fully saturated rings. The zero-order valence-electron chi connectivity index (χ0n) is 10.5. The lowest BCUT2D eigenvalue weighted by molar-refractivity contribution is 0.268. The maximum absolute atomic E-state index is 6.26. The highest BCUT2D eigenvalue weighted by Gasteiger charge is 2.31. The van der Waals surface area contributed by atoms with Gasteiger partial charge in [0.05, 0.1) is 12.6 Å². The van der Waals surface area contributed by atoms with E-state index in [0.29, 0.717) is 28.6 Å². The van der Waals surface area contributed by atoms with Crippen molar-refractivity contribution in [3.05, 3.63) is 33.8 Å². The van der Waals surface area contributed by atoms with Gasteiger partial charge in [-0.15, -0.1) is 0 Å². The van der Waals surface area contributed by atoms with E-state index in [4.69, 9.17) is 28.9 Å². The standard InChI is InChI=1S/C13H17Cl2N3/c1-3-8(2)18-12(7-17-13(18)16)10-6-9(14)4-5-11(10)15/h4-6,8,12H,3,7H2,1-2H3,(H2,16,17).